The van der Waals surface area contributed by atoms with Gasteiger partial charge in [0.05, 0.1) is 10.5 Å². The van der Waals surface area contributed by atoms with Crippen LogP contribution in [-0.2, 0) is 32.8 Å². The van der Waals surface area contributed by atoms with Crippen LogP contribution in [0.25, 0.3) is 0 Å². The fourth-order valence-electron chi connectivity index (χ4n) is 2.84. The Balaban J connectivity index is 1.93. The maximum atomic E-state index is 12.9. The van der Waals surface area contributed by atoms with Gasteiger partial charge in [-0.25, -0.2) is 13.1 Å². The molecule has 0 aromatic heterocycles. The number of hydrogen-bond donors (Lipinski definition) is 2. The summed E-state index contributed by atoms with van der Waals surface area (Å²) in [6.45, 7) is 3.72. The van der Waals surface area contributed by atoms with Crippen LogP contribution in [0.1, 0.15) is 37.0 Å². The first-order chi connectivity index (χ1) is 13.8. The summed E-state index contributed by atoms with van der Waals surface area (Å²) in [6, 6.07) is 11.3. The molecular formula is C21H25F3N2O3S. The summed E-state index contributed by atoms with van der Waals surface area (Å²) < 4.78 is 64.5. The van der Waals surface area contributed by atoms with E-state index in [1.54, 1.807) is 32.0 Å². The second-order valence-corrected chi connectivity index (χ2v) is 9.48. The summed E-state index contributed by atoms with van der Waals surface area (Å²) in [5.74, 6) is -0.234. The standard InChI is InChI=1S/C21H25F3N2O3S/c1-20(2,16-5-4-6-17(13-16)21(22,23)24)14-26-19(27)12-9-15-7-10-18(11-8-15)30(28,29)25-3/h4-8,10-11,13,25H,9,12,14H2,1-3H3,(H,26,27). The zero-order valence-electron chi connectivity index (χ0n) is 17.0. The summed E-state index contributed by atoms with van der Waals surface area (Å²) in [5, 5.41) is 2.77. The van der Waals surface area contributed by atoms with Crippen molar-refractivity contribution in [3.63, 3.8) is 0 Å². The van der Waals surface area contributed by atoms with Gasteiger partial charge in [0.1, 0.15) is 0 Å². The van der Waals surface area contributed by atoms with Crippen LogP contribution in [0.15, 0.2) is 53.4 Å². The van der Waals surface area contributed by atoms with E-state index in [0.29, 0.717) is 12.0 Å². The Morgan fingerprint density at radius 1 is 1.00 bits per heavy atom. The largest absolute Gasteiger partial charge is 0.416 e. The normalized spacial score (nSPS) is 12.6. The second kappa shape index (κ2) is 9.18. The highest BCUT2D eigenvalue weighted by atomic mass is 32.2. The minimum Gasteiger partial charge on any atom is -0.355 e. The lowest BCUT2D eigenvalue weighted by Gasteiger charge is -2.26. The molecule has 0 bridgehead atoms. The van der Waals surface area contributed by atoms with Gasteiger partial charge in [-0.2, -0.15) is 13.2 Å². The molecule has 5 nitrogen and oxygen atoms in total. The number of aryl methyl sites for hydroxylation is 1. The average Bonchev–Trinajstić information content (AvgIpc) is 2.70. The molecule has 9 heteroatoms. The highest BCUT2D eigenvalue weighted by Gasteiger charge is 2.32. The summed E-state index contributed by atoms with van der Waals surface area (Å²) in [4.78, 5) is 12.3. The van der Waals surface area contributed by atoms with Gasteiger partial charge in [-0.3, -0.25) is 4.79 Å². The number of benzene rings is 2. The predicted octanol–water partition coefficient (Wildman–Crippen LogP) is 3.64. The fourth-order valence-corrected chi connectivity index (χ4v) is 3.57. The van der Waals surface area contributed by atoms with Crippen molar-refractivity contribution in [3.05, 3.63) is 65.2 Å². The van der Waals surface area contributed by atoms with Gasteiger partial charge in [-0.05, 0) is 42.8 Å². The van der Waals surface area contributed by atoms with Crippen LogP contribution in [0, 0.1) is 0 Å². The van der Waals surface area contributed by atoms with Gasteiger partial charge in [0.2, 0.25) is 15.9 Å². The predicted molar refractivity (Wildman–Crippen MR) is 108 cm³/mol. The highest BCUT2D eigenvalue weighted by molar-refractivity contribution is 7.89. The Labute approximate surface area is 174 Å². The van der Waals surface area contributed by atoms with Crippen LogP contribution in [-0.4, -0.2) is 27.9 Å². The molecule has 0 radical (unpaired) electrons. The lowest BCUT2D eigenvalue weighted by Crippen LogP contribution is -2.36. The zero-order valence-corrected chi connectivity index (χ0v) is 17.8. The molecule has 1 amide bonds. The molecule has 2 aromatic rings. The average molecular weight is 443 g/mol. The van der Waals surface area contributed by atoms with Gasteiger partial charge in [0.15, 0.2) is 0 Å². The van der Waals surface area contributed by atoms with Crippen LogP contribution < -0.4 is 10.0 Å². The Bertz CT molecular complexity index is 985. The smallest absolute Gasteiger partial charge is 0.355 e. The molecular weight excluding hydrogens is 417 g/mol. The molecule has 0 fully saturated rings. The number of carbonyl (C=O) groups excluding carboxylic acids is 1. The molecule has 0 aliphatic heterocycles. The lowest BCUT2D eigenvalue weighted by molar-refractivity contribution is -0.137. The van der Waals surface area contributed by atoms with Crippen molar-refractivity contribution >= 4 is 15.9 Å². The molecule has 30 heavy (non-hydrogen) atoms. The van der Waals surface area contributed by atoms with Crippen LogP contribution in [0.5, 0.6) is 0 Å². The Kier molecular flexibility index (Phi) is 7.31. The van der Waals surface area contributed by atoms with E-state index in [1.807, 2.05) is 0 Å². The number of alkyl halides is 3. The van der Waals surface area contributed by atoms with Crippen molar-refractivity contribution in [1.82, 2.24) is 10.0 Å². The van der Waals surface area contributed by atoms with Gasteiger partial charge in [0, 0.05) is 18.4 Å². The fraction of sp³-hybridized carbons (Fsp3) is 0.381. The van der Waals surface area contributed by atoms with Gasteiger partial charge >= 0.3 is 6.18 Å². The molecule has 2 aromatic carbocycles. The SMILES string of the molecule is CNS(=O)(=O)c1ccc(CCC(=O)NCC(C)(C)c2cccc(C(F)(F)F)c2)cc1. The summed E-state index contributed by atoms with van der Waals surface area (Å²) >= 11 is 0. The molecule has 2 rings (SSSR count). The molecule has 2 N–H and O–H groups in total. The maximum Gasteiger partial charge on any atom is 0.416 e. The van der Waals surface area contributed by atoms with E-state index in [-0.39, 0.29) is 23.8 Å². The molecule has 0 saturated heterocycles. The lowest BCUT2D eigenvalue weighted by atomic mass is 9.83. The Morgan fingerprint density at radius 2 is 1.60 bits per heavy atom. The number of halogens is 3. The molecule has 164 valence electrons. The van der Waals surface area contributed by atoms with E-state index < -0.39 is 27.2 Å². The maximum absolute atomic E-state index is 12.9. The van der Waals surface area contributed by atoms with Crippen molar-refractivity contribution in [1.29, 1.82) is 0 Å². The van der Waals surface area contributed by atoms with E-state index >= 15 is 0 Å². The van der Waals surface area contributed by atoms with Gasteiger partial charge in [0.25, 0.3) is 0 Å². The molecule has 0 atom stereocenters. The summed E-state index contributed by atoms with van der Waals surface area (Å²) in [7, 11) is -2.18. The topological polar surface area (TPSA) is 75.3 Å². The van der Waals surface area contributed by atoms with Crippen LogP contribution in [0.4, 0.5) is 13.2 Å². The first-order valence-electron chi connectivity index (χ1n) is 9.32. The first kappa shape index (κ1) is 23.9. The second-order valence-electron chi connectivity index (χ2n) is 7.59. The number of sulfonamides is 1. The van der Waals surface area contributed by atoms with Crippen LogP contribution in [0.2, 0.25) is 0 Å². The third-order valence-corrected chi connectivity index (χ3v) is 6.27. The summed E-state index contributed by atoms with van der Waals surface area (Å²) in [5.41, 5.74) is -0.112. The molecule has 0 spiro atoms. The van der Waals surface area contributed by atoms with E-state index in [1.165, 1.54) is 25.2 Å². The van der Waals surface area contributed by atoms with E-state index in [0.717, 1.165) is 17.7 Å². The van der Waals surface area contributed by atoms with Crippen molar-refractivity contribution in [2.75, 3.05) is 13.6 Å². The quantitative estimate of drug-likeness (QED) is 0.656. The van der Waals surface area contributed by atoms with E-state index in [2.05, 4.69) is 10.0 Å². The highest BCUT2D eigenvalue weighted by Crippen LogP contribution is 2.32. The molecule has 0 aliphatic carbocycles. The van der Waals surface area contributed by atoms with Gasteiger partial charge < -0.3 is 5.32 Å². The number of nitrogens with one attached hydrogen (secondary N) is 2. The zero-order chi connectivity index (χ0) is 22.6. The van der Waals surface area contributed by atoms with E-state index in [9.17, 15) is 26.4 Å². The number of carbonyl (C=O) groups is 1. The van der Waals surface area contributed by atoms with Crippen LogP contribution in [0.3, 0.4) is 0 Å². The van der Waals surface area contributed by atoms with E-state index in [4.69, 9.17) is 0 Å². The molecule has 0 heterocycles. The molecule has 0 aliphatic rings. The van der Waals surface area contributed by atoms with Crippen molar-refractivity contribution in [2.24, 2.45) is 0 Å². The molecule has 0 saturated carbocycles. The monoisotopic (exact) mass is 442 g/mol. The Morgan fingerprint density at radius 3 is 2.17 bits per heavy atom. The van der Waals surface area contributed by atoms with Crippen molar-refractivity contribution < 1.29 is 26.4 Å². The third-order valence-electron chi connectivity index (χ3n) is 4.84. The van der Waals surface area contributed by atoms with Gasteiger partial charge in [-0.1, -0.05) is 44.2 Å². The minimum absolute atomic E-state index is 0.140. The van der Waals surface area contributed by atoms with Crippen LogP contribution >= 0.6 is 0 Å². The third kappa shape index (κ3) is 6.30. The molecule has 0 unspecified atom stereocenters. The number of amides is 1. The number of rotatable bonds is 8. The summed E-state index contributed by atoms with van der Waals surface area (Å²) in [6.07, 6.45) is -3.83. The first-order valence-corrected chi connectivity index (χ1v) is 10.8. The minimum atomic E-state index is -4.42. The Hall–Kier alpha value is -2.39. The number of hydrogen-bond acceptors (Lipinski definition) is 3. The van der Waals surface area contributed by atoms with Crippen molar-refractivity contribution in [3.8, 4) is 0 Å². The van der Waals surface area contributed by atoms with Gasteiger partial charge in [-0.15, -0.1) is 0 Å². The van der Waals surface area contributed by atoms with Crippen molar-refractivity contribution in [2.45, 2.75) is 43.2 Å².